The number of aromatic nitrogens is 1. The molecule has 134 valence electrons. The third-order valence-corrected chi connectivity index (χ3v) is 4.68. The Kier molecular flexibility index (Phi) is 4.38. The third-order valence-electron chi connectivity index (χ3n) is 4.36. The van der Waals surface area contributed by atoms with Gasteiger partial charge in [0.05, 0.1) is 10.7 Å². The first kappa shape index (κ1) is 17.2. The first-order valence-electron chi connectivity index (χ1n) is 8.22. The molecule has 0 atom stereocenters. The zero-order chi connectivity index (χ0) is 19.0. The van der Waals surface area contributed by atoms with E-state index in [0.29, 0.717) is 33.9 Å². The van der Waals surface area contributed by atoms with Gasteiger partial charge < -0.3 is 4.42 Å². The normalized spacial score (nSPS) is 10.9. The number of amides is 1. The number of carbonyl (C=O) groups is 1. The highest BCUT2D eigenvalue weighted by molar-refractivity contribution is 6.33. The molecule has 0 unspecified atom stereocenters. The zero-order valence-corrected chi connectivity index (χ0v) is 15.1. The Morgan fingerprint density at radius 2 is 1.96 bits per heavy atom. The van der Waals surface area contributed by atoms with E-state index in [2.05, 4.69) is 4.98 Å². The molecule has 0 aliphatic heterocycles. The van der Waals surface area contributed by atoms with E-state index < -0.39 is 6.01 Å². The number of benzene rings is 2. The number of nitrogens with zero attached hydrogens (tertiary/aromatic N) is 2. The van der Waals surface area contributed by atoms with E-state index in [4.69, 9.17) is 16.0 Å². The van der Waals surface area contributed by atoms with Crippen molar-refractivity contribution in [2.45, 2.75) is 6.92 Å². The standard InChI is InChI=1S/C21H14ClFN2O2/c1-13-8-19-15(10-20(23)27-19)9-16(13)14-6-7-21(24-11-14)25(12-26)18-5-3-2-4-17(18)22/h2-12H,1H3. The topological polar surface area (TPSA) is 46.3 Å². The Bertz CT molecular complexity index is 1140. The fraction of sp³-hybridized carbons (Fsp3) is 0.0476. The molecule has 4 nitrogen and oxygen atoms in total. The number of fused-ring (bicyclic) bond motifs is 1. The molecule has 0 radical (unpaired) electrons. The molecule has 0 saturated heterocycles. The SMILES string of the molecule is Cc1cc2oc(F)cc2cc1-c1ccc(N(C=O)c2ccccc2Cl)nc1. The molecule has 2 aromatic heterocycles. The minimum absolute atomic E-state index is 0.454. The van der Waals surface area contributed by atoms with Gasteiger partial charge in [-0.3, -0.25) is 9.69 Å². The summed E-state index contributed by atoms with van der Waals surface area (Å²) in [7, 11) is 0. The second kappa shape index (κ2) is 6.85. The van der Waals surface area contributed by atoms with Crippen molar-refractivity contribution in [1.82, 2.24) is 4.98 Å². The maximum absolute atomic E-state index is 13.3. The summed E-state index contributed by atoms with van der Waals surface area (Å²) in [6.45, 7) is 1.92. The number of halogens is 2. The number of hydrogen-bond acceptors (Lipinski definition) is 3. The number of rotatable bonds is 4. The number of para-hydroxylation sites is 1. The molecule has 2 heterocycles. The molecule has 1 amide bonds. The lowest BCUT2D eigenvalue weighted by molar-refractivity contribution is -0.106. The lowest BCUT2D eigenvalue weighted by Gasteiger charge is -2.18. The highest BCUT2D eigenvalue weighted by Gasteiger charge is 2.14. The minimum atomic E-state index is -0.614. The summed E-state index contributed by atoms with van der Waals surface area (Å²) in [6.07, 6.45) is 2.35. The van der Waals surface area contributed by atoms with Crippen LogP contribution in [0.2, 0.25) is 5.02 Å². The third kappa shape index (κ3) is 3.17. The summed E-state index contributed by atoms with van der Waals surface area (Å²) < 4.78 is 18.4. The van der Waals surface area contributed by atoms with Crippen LogP contribution in [0.1, 0.15) is 5.56 Å². The molecule has 0 aliphatic carbocycles. The number of furan rings is 1. The van der Waals surface area contributed by atoms with E-state index in [0.717, 1.165) is 16.7 Å². The van der Waals surface area contributed by atoms with Gasteiger partial charge in [0.1, 0.15) is 11.4 Å². The van der Waals surface area contributed by atoms with Crippen LogP contribution in [-0.4, -0.2) is 11.4 Å². The van der Waals surface area contributed by atoms with Crippen LogP contribution in [0.4, 0.5) is 15.9 Å². The Balaban J connectivity index is 1.73. The van der Waals surface area contributed by atoms with Crippen LogP contribution in [0, 0.1) is 12.9 Å². The molecule has 0 spiro atoms. The quantitative estimate of drug-likeness (QED) is 0.415. The van der Waals surface area contributed by atoms with Gasteiger partial charge in [-0.25, -0.2) is 4.98 Å². The number of carbonyl (C=O) groups excluding carboxylic acids is 1. The van der Waals surface area contributed by atoms with E-state index in [1.54, 1.807) is 42.6 Å². The summed E-state index contributed by atoms with van der Waals surface area (Å²) in [4.78, 5) is 17.4. The largest absolute Gasteiger partial charge is 0.431 e. The Morgan fingerprint density at radius 1 is 1.15 bits per heavy atom. The summed E-state index contributed by atoms with van der Waals surface area (Å²) in [6, 6.07) is 15.1. The Labute approximate surface area is 159 Å². The maximum Gasteiger partial charge on any atom is 0.278 e. The second-order valence-corrected chi connectivity index (χ2v) is 6.49. The second-order valence-electron chi connectivity index (χ2n) is 6.09. The van der Waals surface area contributed by atoms with Gasteiger partial charge in [0.2, 0.25) is 6.41 Å². The van der Waals surface area contributed by atoms with Crippen molar-refractivity contribution in [3.05, 3.63) is 77.4 Å². The monoisotopic (exact) mass is 380 g/mol. The fourth-order valence-corrected chi connectivity index (χ4v) is 3.26. The summed E-state index contributed by atoms with van der Waals surface area (Å²) in [5.74, 6) is 0.454. The molecule has 0 bridgehead atoms. The lowest BCUT2D eigenvalue weighted by atomic mass is 10.0. The van der Waals surface area contributed by atoms with Crippen LogP contribution >= 0.6 is 11.6 Å². The van der Waals surface area contributed by atoms with Gasteiger partial charge in [-0.1, -0.05) is 23.7 Å². The van der Waals surface area contributed by atoms with E-state index in [1.165, 1.54) is 11.0 Å². The number of pyridine rings is 1. The Morgan fingerprint density at radius 3 is 2.67 bits per heavy atom. The van der Waals surface area contributed by atoms with Crippen molar-refractivity contribution in [1.29, 1.82) is 0 Å². The molecule has 0 N–H and O–H groups in total. The molecule has 0 fully saturated rings. The van der Waals surface area contributed by atoms with Crippen LogP contribution in [0.5, 0.6) is 0 Å². The van der Waals surface area contributed by atoms with Gasteiger partial charge >= 0.3 is 0 Å². The van der Waals surface area contributed by atoms with E-state index in [-0.39, 0.29) is 0 Å². The first-order chi connectivity index (χ1) is 13.1. The maximum atomic E-state index is 13.3. The molecule has 0 saturated carbocycles. The molecule has 2 aromatic carbocycles. The summed E-state index contributed by atoms with van der Waals surface area (Å²) >= 11 is 6.19. The Hall–Kier alpha value is -3.18. The smallest absolute Gasteiger partial charge is 0.278 e. The van der Waals surface area contributed by atoms with Crippen molar-refractivity contribution in [2.75, 3.05) is 4.90 Å². The van der Waals surface area contributed by atoms with E-state index >= 15 is 0 Å². The molecule has 27 heavy (non-hydrogen) atoms. The molecule has 4 aromatic rings. The average Bonchev–Trinajstić information content (AvgIpc) is 3.02. The van der Waals surface area contributed by atoms with E-state index in [1.807, 2.05) is 19.1 Å². The number of aryl methyl sites for hydroxylation is 1. The average molecular weight is 381 g/mol. The molecular weight excluding hydrogens is 367 g/mol. The van der Waals surface area contributed by atoms with Crippen molar-refractivity contribution < 1.29 is 13.6 Å². The zero-order valence-electron chi connectivity index (χ0n) is 14.3. The van der Waals surface area contributed by atoms with Crippen molar-refractivity contribution in [2.24, 2.45) is 0 Å². The molecule has 6 heteroatoms. The highest BCUT2D eigenvalue weighted by atomic mass is 35.5. The van der Waals surface area contributed by atoms with Crippen LogP contribution < -0.4 is 4.90 Å². The first-order valence-corrected chi connectivity index (χ1v) is 8.60. The van der Waals surface area contributed by atoms with Gasteiger partial charge in [-0.2, -0.15) is 4.39 Å². The van der Waals surface area contributed by atoms with Crippen LogP contribution in [0.15, 0.2) is 65.2 Å². The molecule has 0 aliphatic rings. The van der Waals surface area contributed by atoms with Gasteiger partial charge in [0.15, 0.2) is 0 Å². The number of hydrogen-bond donors (Lipinski definition) is 0. The lowest BCUT2D eigenvalue weighted by Crippen LogP contribution is -2.15. The van der Waals surface area contributed by atoms with Gasteiger partial charge in [-0.15, -0.1) is 0 Å². The predicted molar refractivity (Wildman–Crippen MR) is 104 cm³/mol. The summed E-state index contributed by atoms with van der Waals surface area (Å²) in [5, 5.41) is 1.14. The summed E-state index contributed by atoms with van der Waals surface area (Å²) in [5.41, 5.74) is 3.76. The van der Waals surface area contributed by atoms with Crippen molar-refractivity contribution in [3.63, 3.8) is 0 Å². The van der Waals surface area contributed by atoms with Crippen LogP contribution in [0.3, 0.4) is 0 Å². The predicted octanol–water partition coefficient (Wildman–Crippen LogP) is 5.89. The van der Waals surface area contributed by atoms with Crippen LogP contribution in [-0.2, 0) is 4.79 Å². The molecule has 4 rings (SSSR count). The number of anilines is 2. The van der Waals surface area contributed by atoms with Crippen molar-refractivity contribution in [3.8, 4) is 11.1 Å². The van der Waals surface area contributed by atoms with Crippen LogP contribution in [0.25, 0.3) is 22.1 Å². The van der Waals surface area contributed by atoms with Gasteiger partial charge in [0.25, 0.3) is 6.01 Å². The van der Waals surface area contributed by atoms with Gasteiger partial charge in [-0.05, 0) is 54.4 Å². The highest BCUT2D eigenvalue weighted by Crippen LogP contribution is 2.32. The molecular formula is C21H14ClFN2O2. The van der Waals surface area contributed by atoms with E-state index in [9.17, 15) is 9.18 Å². The van der Waals surface area contributed by atoms with Crippen molar-refractivity contribution >= 4 is 40.5 Å². The van der Waals surface area contributed by atoms with Gasteiger partial charge in [0, 0.05) is 23.2 Å². The minimum Gasteiger partial charge on any atom is -0.431 e. The fourth-order valence-electron chi connectivity index (χ4n) is 3.04.